The Bertz CT molecular complexity index is 799. The van der Waals surface area contributed by atoms with Crippen molar-refractivity contribution in [2.24, 2.45) is 4.99 Å². The number of nitrogens with one attached hydrogen (secondary N) is 2. The third-order valence-electron chi connectivity index (χ3n) is 5.04. The van der Waals surface area contributed by atoms with E-state index in [-0.39, 0.29) is 36.4 Å². The standard InChI is InChI=1S/C23H33N5O2.HI/c1-18(19-8-10-21(30-4)11-9-19)12-15-26-23(24-2)27-17-22(29)28(3)16-13-20-7-5-6-14-25-20;/h5-11,14,18H,12-13,15-17H2,1-4H3,(H2,24,26,27);1H. The smallest absolute Gasteiger partial charge is 0.241 e. The van der Waals surface area contributed by atoms with Crippen LogP contribution in [-0.2, 0) is 11.2 Å². The molecule has 0 radical (unpaired) electrons. The number of methoxy groups -OCH3 is 1. The number of aromatic nitrogens is 1. The van der Waals surface area contributed by atoms with Crippen molar-refractivity contribution in [2.75, 3.05) is 40.8 Å². The summed E-state index contributed by atoms with van der Waals surface area (Å²) in [5.74, 6) is 1.91. The summed E-state index contributed by atoms with van der Waals surface area (Å²) in [5.41, 5.74) is 2.25. The molecule has 1 atom stereocenters. The first-order chi connectivity index (χ1) is 14.5. The molecule has 0 aliphatic heterocycles. The number of carbonyl (C=O) groups is 1. The van der Waals surface area contributed by atoms with E-state index in [0.717, 1.165) is 30.8 Å². The zero-order valence-corrected chi connectivity index (χ0v) is 21.1. The number of aliphatic imine (C=N–C) groups is 1. The largest absolute Gasteiger partial charge is 0.497 e. The quantitative estimate of drug-likeness (QED) is 0.276. The van der Waals surface area contributed by atoms with Gasteiger partial charge in [0.15, 0.2) is 5.96 Å². The van der Waals surface area contributed by atoms with Gasteiger partial charge in [0.25, 0.3) is 0 Å². The van der Waals surface area contributed by atoms with E-state index in [9.17, 15) is 4.79 Å². The number of ether oxygens (including phenoxy) is 1. The molecule has 31 heavy (non-hydrogen) atoms. The molecule has 1 amide bonds. The number of halogens is 1. The van der Waals surface area contributed by atoms with Crippen LogP contribution in [-0.4, -0.2) is 62.6 Å². The maximum absolute atomic E-state index is 12.4. The summed E-state index contributed by atoms with van der Waals surface area (Å²) >= 11 is 0. The molecule has 0 spiro atoms. The van der Waals surface area contributed by atoms with Gasteiger partial charge in [-0.1, -0.05) is 25.1 Å². The second kappa shape index (κ2) is 14.6. The van der Waals surface area contributed by atoms with Gasteiger partial charge in [-0.05, 0) is 42.2 Å². The topological polar surface area (TPSA) is 78.9 Å². The Morgan fingerprint density at radius 3 is 2.55 bits per heavy atom. The lowest BCUT2D eigenvalue weighted by atomic mass is 9.98. The Labute approximate surface area is 202 Å². The van der Waals surface area contributed by atoms with Crippen molar-refractivity contribution in [2.45, 2.75) is 25.7 Å². The van der Waals surface area contributed by atoms with Crippen molar-refractivity contribution in [3.05, 3.63) is 59.9 Å². The predicted molar refractivity (Wildman–Crippen MR) is 136 cm³/mol. The highest BCUT2D eigenvalue weighted by atomic mass is 127. The Balaban J connectivity index is 0.00000480. The molecular weight excluding hydrogens is 505 g/mol. The zero-order valence-electron chi connectivity index (χ0n) is 18.8. The Morgan fingerprint density at radius 1 is 1.19 bits per heavy atom. The van der Waals surface area contributed by atoms with E-state index < -0.39 is 0 Å². The number of hydrogen-bond acceptors (Lipinski definition) is 4. The van der Waals surface area contributed by atoms with Gasteiger partial charge >= 0.3 is 0 Å². The molecule has 0 saturated carbocycles. The number of hydrogen-bond donors (Lipinski definition) is 2. The summed E-state index contributed by atoms with van der Waals surface area (Å²) < 4.78 is 5.21. The van der Waals surface area contributed by atoms with Crippen molar-refractivity contribution in [1.82, 2.24) is 20.5 Å². The second-order valence-electron chi connectivity index (χ2n) is 7.20. The van der Waals surface area contributed by atoms with Crippen LogP contribution >= 0.6 is 24.0 Å². The number of benzene rings is 1. The fourth-order valence-electron chi connectivity index (χ4n) is 2.97. The van der Waals surface area contributed by atoms with E-state index in [1.807, 2.05) is 30.3 Å². The molecule has 0 fully saturated rings. The second-order valence-corrected chi connectivity index (χ2v) is 7.20. The van der Waals surface area contributed by atoms with Crippen molar-refractivity contribution in [3.63, 3.8) is 0 Å². The van der Waals surface area contributed by atoms with Gasteiger partial charge in [-0.25, -0.2) is 0 Å². The minimum atomic E-state index is 0. The number of carbonyl (C=O) groups excluding carboxylic acids is 1. The van der Waals surface area contributed by atoms with E-state index in [1.54, 1.807) is 32.3 Å². The van der Waals surface area contributed by atoms with Crippen LogP contribution in [0.3, 0.4) is 0 Å². The summed E-state index contributed by atoms with van der Waals surface area (Å²) in [4.78, 5) is 22.6. The summed E-state index contributed by atoms with van der Waals surface area (Å²) in [6.45, 7) is 3.78. The van der Waals surface area contributed by atoms with Crippen LogP contribution in [0.15, 0.2) is 53.7 Å². The molecule has 2 rings (SSSR count). The third kappa shape index (κ3) is 9.54. The molecule has 1 heterocycles. The molecule has 1 aromatic heterocycles. The molecule has 0 aliphatic rings. The van der Waals surface area contributed by atoms with Crippen molar-refractivity contribution in [3.8, 4) is 5.75 Å². The van der Waals surface area contributed by atoms with Crippen molar-refractivity contribution < 1.29 is 9.53 Å². The normalized spacial score (nSPS) is 11.8. The molecule has 8 heteroatoms. The number of amides is 1. The Hall–Kier alpha value is -2.36. The van der Waals surface area contributed by atoms with E-state index in [0.29, 0.717) is 18.4 Å². The average molecular weight is 539 g/mol. The molecule has 2 aromatic rings. The van der Waals surface area contributed by atoms with Crippen LogP contribution in [0.2, 0.25) is 0 Å². The third-order valence-corrected chi connectivity index (χ3v) is 5.04. The zero-order chi connectivity index (χ0) is 21.8. The first kappa shape index (κ1) is 26.7. The lowest BCUT2D eigenvalue weighted by molar-refractivity contribution is -0.128. The van der Waals surface area contributed by atoms with Crippen LogP contribution in [0.5, 0.6) is 5.75 Å². The highest BCUT2D eigenvalue weighted by Crippen LogP contribution is 2.21. The summed E-state index contributed by atoms with van der Waals surface area (Å²) in [6, 6.07) is 14.0. The number of rotatable bonds is 10. The predicted octanol–water partition coefficient (Wildman–Crippen LogP) is 3.07. The van der Waals surface area contributed by atoms with Crippen LogP contribution < -0.4 is 15.4 Å². The highest BCUT2D eigenvalue weighted by Gasteiger charge is 2.11. The molecule has 2 N–H and O–H groups in total. The maximum atomic E-state index is 12.4. The molecule has 0 saturated heterocycles. The molecule has 1 aromatic carbocycles. The molecule has 170 valence electrons. The van der Waals surface area contributed by atoms with E-state index in [2.05, 4.69) is 39.7 Å². The molecule has 0 aliphatic carbocycles. The minimum absolute atomic E-state index is 0. The Kier molecular flexibility index (Phi) is 12.6. The summed E-state index contributed by atoms with van der Waals surface area (Å²) in [7, 11) is 5.18. The van der Waals surface area contributed by atoms with Gasteiger partial charge in [0.2, 0.25) is 5.91 Å². The van der Waals surface area contributed by atoms with Crippen LogP contribution in [0, 0.1) is 0 Å². The molecular formula is C23H34IN5O2. The minimum Gasteiger partial charge on any atom is -0.497 e. The van der Waals surface area contributed by atoms with Crippen molar-refractivity contribution >= 4 is 35.8 Å². The monoisotopic (exact) mass is 539 g/mol. The van der Waals surface area contributed by atoms with Gasteiger partial charge in [-0.3, -0.25) is 14.8 Å². The summed E-state index contributed by atoms with van der Waals surface area (Å²) in [6.07, 6.45) is 3.45. The van der Waals surface area contributed by atoms with E-state index in [1.165, 1.54) is 5.56 Å². The lowest BCUT2D eigenvalue weighted by Crippen LogP contribution is -2.44. The molecule has 7 nitrogen and oxygen atoms in total. The highest BCUT2D eigenvalue weighted by molar-refractivity contribution is 14.0. The van der Waals surface area contributed by atoms with Gasteiger partial charge in [0, 0.05) is 45.5 Å². The first-order valence-corrected chi connectivity index (χ1v) is 10.3. The van der Waals surface area contributed by atoms with Crippen LogP contribution in [0.25, 0.3) is 0 Å². The summed E-state index contributed by atoms with van der Waals surface area (Å²) in [5, 5.41) is 6.37. The SMILES string of the molecule is CN=C(NCCC(C)c1ccc(OC)cc1)NCC(=O)N(C)CCc1ccccn1.I. The fourth-order valence-corrected chi connectivity index (χ4v) is 2.97. The number of guanidine groups is 1. The van der Waals surface area contributed by atoms with Gasteiger partial charge in [0.1, 0.15) is 5.75 Å². The van der Waals surface area contributed by atoms with Crippen LogP contribution in [0.4, 0.5) is 0 Å². The van der Waals surface area contributed by atoms with Gasteiger partial charge in [-0.2, -0.15) is 0 Å². The van der Waals surface area contributed by atoms with Gasteiger partial charge in [-0.15, -0.1) is 24.0 Å². The number of pyridine rings is 1. The fraction of sp³-hybridized carbons (Fsp3) is 0.435. The number of likely N-dealkylation sites (N-methyl/N-ethyl adjacent to an activating group) is 1. The van der Waals surface area contributed by atoms with Crippen molar-refractivity contribution in [1.29, 1.82) is 0 Å². The lowest BCUT2D eigenvalue weighted by Gasteiger charge is -2.19. The maximum Gasteiger partial charge on any atom is 0.241 e. The molecule has 1 unspecified atom stereocenters. The van der Waals surface area contributed by atoms with E-state index >= 15 is 0 Å². The first-order valence-electron chi connectivity index (χ1n) is 10.3. The van der Waals surface area contributed by atoms with E-state index in [4.69, 9.17) is 4.74 Å². The van der Waals surface area contributed by atoms with Crippen LogP contribution in [0.1, 0.15) is 30.5 Å². The van der Waals surface area contributed by atoms with Gasteiger partial charge in [0.05, 0.1) is 13.7 Å². The molecule has 0 bridgehead atoms. The Morgan fingerprint density at radius 2 is 1.94 bits per heavy atom. The average Bonchev–Trinajstić information content (AvgIpc) is 2.80. The van der Waals surface area contributed by atoms with Gasteiger partial charge < -0.3 is 20.3 Å². The number of nitrogens with zero attached hydrogens (tertiary/aromatic N) is 3.